The van der Waals surface area contributed by atoms with Gasteiger partial charge in [0.15, 0.2) is 5.69 Å². The van der Waals surface area contributed by atoms with Gasteiger partial charge in [-0.2, -0.15) is 0 Å². The summed E-state index contributed by atoms with van der Waals surface area (Å²) in [5, 5.41) is 18.6. The molecule has 1 unspecified atom stereocenters. The third kappa shape index (κ3) is 8.09. The molecule has 4 aromatic rings. The first-order chi connectivity index (χ1) is 21.0. The highest BCUT2D eigenvalue weighted by molar-refractivity contribution is 6.02. The Morgan fingerprint density at radius 3 is 2.20 bits per heavy atom. The van der Waals surface area contributed by atoms with Gasteiger partial charge in [0.2, 0.25) is 5.91 Å². The molecule has 0 saturated heterocycles. The largest absolute Gasteiger partial charge is 0.481 e. The maximum atomic E-state index is 13.1. The second-order valence-electron chi connectivity index (χ2n) is 10.5. The SMILES string of the molecule is Cc1cc(C(=O)NC(CCC(=O)O)c2ccc(N(C)C(=O)Cc3ccc(NC(=O)N(C)c4ccccc4C)cc3)cc2)no1. The minimum absolute atomic E-state index is 0.106. The van der Waals surface area contributed by atoms with Crippen molar-refractivity contribution < 1.29 is 28.8 Å². The van der Waals surface area contributed by atoms with E-state index in [0.29, 0.717) is 22.7 Å². The fraction of sp³-hybridized carbons (Fsp3) is 0.242. The molecule has 4 rings (SSSR count). The molecule has 3 N–H and O–H groups in total. The van der Waals surface area contributed by atoms with Gasteiger partial charge in [-0.1, -0.05) is 47.6 Å². The van der Waals surface area contributed by atoms with E-state index in [2.05, 4.69) is 15.8 Å². The Kier molecular flexibility index (Phi) is 10.1. The average Bonchev–Trinajstić information content (AvgIpc) is 3.46. The Labute approximate surface area is 255 Å². The Morgan fingerprint density at radius 2 is 1.59 bits per heavy atom. The Morgan fingerprint density at radius 1 is 0.909 bits per heavy atom. The van der Waals surface area contributed by atoms with Crippen LogP contribution in [-0.2, 0) is 16.0 Å². The van der Waals surface area contributed by atoms with Crippen molar-refractivity contribution in [3.63, 3.8) is 0 Å². The number of carboxylic acids is 1. The predicted octanol–water partition coefficient (Wildman–Crippen LogP) is 5.50. The molecule has 0 aliphatic heterocycles. The van der Waals surface area contributed by atoms with Gasteiger partial charge in [0.25, 0.3) is 5.91 Å². The lowest BCUT2D eigenvalue weighted by Crippen LogP contribution is -2.31. The van der Waals surface area contributed by atoms with Crippen molar-refractivity contribution in [1.29, 1.82) is 0 Å². The number of amides is 4. The molecule has 0 spiro atoms. The summed E-state index contributed by atoms with van der Waals surface area (Å²) >= 11 is 0. The Hall–Kier alpha value is -5.45. The lowest BCUT2D eigenvalue weighted by atomic mass is 10.0. The number of aryl methyl sites for hydroxylation is 2. The molecule has 11 heteroatoms. The molecule has 0 aliphatic carbocycles. The Balaban J connectivity index is 1.36. The van der Waals surface area contributed by atoms with Crippen molar-refractivity contribution in [3.05, 3.63) is 107 Å². The number of hydrogen-bond donors (Lipinski definition) is 3. The molecular formula is C33H35N5O6. The molecule has 0 aliphatic rings. The normalized spacial score (nSPS) is 11.4. The summed E-state index contributed by atoms with van der Waals surface area (Å²) in [7, 11) is 3.38. The van der Waals surface area contributed by atoms with Crippen LogP contribution in [0.25, 0.3) is 0 Å². The number of para-hydroxylation sites is 1. The van der Waals surface area contributed by atoms with Crippen LogP contribution in [-0.4, -0.2) is 48.2 Å². The van der Waals surface area contributed by atoms with Crippen molar-refractivity contribution in [1.82, 2.24) is 10.5 Å². The second-order valence-corrected chi connectivity index (χ2v) is 10.5. The third-order valence-electron chi connectivity index (χ3n) is 7.21. The van der Waals surface area contributed by atoms with Gasteiger partial charge in [-0.05, 0) is 67.3 Å². The van der Waals surface area contributed by atoms with Crippen LogP contribution in [0.5, 0.6) is 0 Å². The number of carbonyl (C=O) groups excluding carboxylic acids is 3. The molecule has 1 atom stereocenters. The number of nitrogens with one attached hydrogen (secondary N) is 2. The van der Waals surface area contributed by atoms with E-state index in [1.54, 1.807) is 74.4 Å². The minimum Gasteiger partial charge on any atom is -0.481 e. The van der Waals surface area contributed by atoms with Crippen LogP contribution in [0.15, 0.2) is 83.4 Å². The summed E-state index contributed by atoms with van der Waals surface area (Å²) < 4.78 is 4.97. The molecular weight excluding hydrogens is 562 g/mol. The van der Waals surface area contributed by atoms with Crippen molar-refractivity contribution >= 4 is 40.9 Å². The number of rotatable bonds is 11. The van der Waals surface area contributed by atoms with Crippen molar-refractivity contribution in [2.45, 2.75) is 39.2 Å². The lowest BCUT2D eigenvalue weighted by molar-refractivity contribution is -0.137. The van der Waals surface area contributed by atoms with Gasteiger partial charge in [-0.25, -0.2) is 4.79 Å². The molecule has 1 aromatic heterocycles. The smallest absolute Gasteiger partial charge is 0.326 e. The first kappa shape index (κ1) is 31.5. The number of nitrogens with zero attached hydrogens (tertiary/aromatic N) is 3. The summed E-state index contributed by atoms with van der Waals surface area (Å²) in [5.41, 5.74) is 4.62. The van der Waals surface area contributed by atoms with Crippen LogP contribution in [0.1, 0.15) is 51.8 Å². The van der Waals surface area contributed by atoms with Crippen molar-refractivity contribution in [2.75, 3.05) is 29.2 Å². The number of aliphatic carboxylic acids is 1. The molecule has 0 bridgehead atoms. The van der Waals surface area contributed by atoms with E-state index in [1.807, 2.05) is 31.2 Å². The van der Waals surface area contributed by atoms with Gasteiger partial charge in [0.1, 0.15) is 5.76 Å². The summed E-state index contributed by atoms with van der Waals surface area (Å²) in [4.78, 5) is 52.7. The van der Waals surface area contributed by atoms with E-state index in [9.17, 15) is 24.3 Å². The second kappa shape index (κ2) is 14.1. The summed E-state index contributed by atoms with van der Waals surface area (Å²) in [6.45, 7) is 3.61. The predicted molar refractivity (Wildman–Crippen MR) is 167 cm³/mol. The number of urea groups is 1. The highest BCUT2D eigenvalue weighted by atomic mass is 16.5. The summed E-state index contributed by atoms with van der Waals surface area (Å²) in [5.74, 6) is -1.12. The fourth-order valence-corrected chi connectivity index (χ4v) is 4.63. The van der Waals surface area contributed by atoms with Crippen LogP contribution in [0.3, 0.4) is 0 Å². The highest BCUT2D eigenvalue weighted by Crippen LogP contribution is 2.24. The molecule has 0 saturated carbocycles. The highest BCUT2D eigenvalue weighted by Gasteiger charge is 2.20. The Bertz CT molecular complexity index is 1630. The molecule has 1 heterocycles. The quantitative estimate of drug-likeness (QED) is 0.207. The average molecular weight is 598 g/mol. The van der Waals surface area contributed by atoms with Crippen LogP contribution >= 0.6 is 0 Å². The van der Waals surface area contributed by atoms with Gasteiger partial charge in [-0.3, -0.25) is 19.3 Å². The standard InChI is InChI=1S/C33H35N5O6/c1-21-7-5-6-8-29(21)38(4)33(43)34-25-13-9-23(10-14-25)20-30(39)37(3)26-15-11-24(12-16-26)27(17-18-31(40)41)35-32(42)28-19-22(2)44-36-28/h5-16,19,27H,17-18,20H2,1-4H3,(H,34,43)(H,35,42)(H,40,41). The minimum atomic E-state index is -0.978. The van der Waals surface area contributed by atoms with Gasteiger partial charge >= 0.3 is 12.0 Å². The monoisotopic (exact) mass is 597 g/mol. The molecule has 0 radical (unpaired) electrons. The number of carboxylic acid groups (broad SMARTS) is 1. The third-order valence-corrected chi connectivity index (χ3v) is 7.21. The zero-order valence-corrected chi connectivity index (χ0v) is 25.0. The van der Waals surface area contributed by atoms with Crippen molar-refractivity contribution in [3.8, 4) is 0 Å². The molecule has 3 aromatic carbocycles. The zero-order chi connectivity index (χ0) is 31.8. The zero-order valence-electron chi connectivity index (χ0n) is 25.0. The maximum Gasteiger partial charge on any atom is 0.326 e. The van der Waals surface area contributed by atoms with Crippen LogP contribution in [0, 0.1) is 13.8 Å². The van der Waals surface area contributed by atoms with E-state index in [4.69, 9.17) is 4.52 Å². The van der Waals surface area contributed by atoms with Gasteiger partial charge in [0, 0.05) is 43.6 Å². The van der Waals surface area contributed by atoms with Crippen LogP contribution in [0.2, 0.25) is 0 Å². The van der Waals surface area contributed by atoms with Gasteiger partial charge in [-0.15, -0.1) is 0 Å². The molecule has 228 valence electrons. The number of carbonyl (C=O) groups is 4. The number of likely N-dealkylation sites (N-methyl/N-ethyl adjacent to an activating group) is 1. The molecule has 0 fully saturated rings. The molecule has 11 nitrogen and oxygen atoms in total. The molecule has 44 heavy (non-hydrogen) atoms. The van der Waals surface area contributed by atoms with Gasteiger partial charge in [0.05, 0.1) is 12.5 Å². The van der Waals surface area contributed by atoms with E-state index in [0.717, 1.165) is 16.8 Å². The van der Waals surface area contributed by atoms with Crippen LogP contribution in [0.4, 0.5) is 21.9 Å². The van der Waals surface area contributed by atoms with Gasteiger partial charge < -0.3 is 25.2 Å². The molecule has 4 amide bonds. The number of hydrogen-bond acceptors (Lipinski definition) is 6. The lowest BCUT2D eigenvalue weighted by Gasteiger charge is -2.21. The van der Waals surface area contributed by atoms with Crippen molar-refractivity contribution in [2.24, 2.45) is 0 Å². The number of benzene rings is 3. The van der Waals surface area contributed by atoms with E-state index >= 15 is 0 Å². The maximum absolute atomic E-state index is 13.1. The summed E-state index contributed by atoms with van der Waals surface area (Å²) in [6, 6.07) is 22.4. The first-order valence-corrected chi connectivity index (χ1v) is 14.0. The number of aromatic nitrogens is 1. The van der Waals surface area contributed by atoms with E-state index < -0.39 is 17.9 Å². The fourth-order valence-electron chi connectivity index (χ4n) is 4.63. The van der Waals surface area contributed by atoms with Crippen LogP contribution < -0.4 is 20.4 Å². The van der Waals surface area contributed by atoms with E-state index in [-0.39, 0.29) is 36.9 Å². The number of anilines is 3. The van der Waals surface area contributed by atoms with E-state index in [1.165, 1.54) is 11.0 Å². The summed E-state index contributed by atoms with van der Waals surface area (Å²) in [6.07, 6.45) is 0.170. The topological polar surface area (TPSA) is 145 Å². The first-order valence-electron chi connectivity index (χ1n) is 14.0.